The second kappa shape index (κ2) is 8.39. The van der Waals surface area contributed by atoms with E-state index in [1.807, 2.05) is 0 Å². The molecule has 6 nitrogen and oxygen atoms in total. The largest absolute Gasteiger partial charge is 0.489 e. The number of nitrogens with zero attached hydrogens (tertiary/aromatic N) is 1. The zero-order valence-electron chi connectivity index (χ0n) is 11.5. The molecule has 0 spiro atoms. The first-order chi connectivity index (χ1) is 9.56. The number of amides is 1. The lowest BCUT2D eigenvalue weighted by Crippen LogP contribution is -2.13. The summed E-state index contributed by atoms with van der Waals surface area (Å²) in [5.41, 5.74) is 6.74. The van der Waals surface area contributed by atoms with Crippen LogP contribution in [0.4, 0.5) is 11.4 Å². The molecule has 0 unspecified atom stereocenters. The van der Waals surface area contributed by atoms with Gasteiger partial charge in [-0.3, -0.25) is 4.79 Å². The van der Waals surface area contributed by atoms with E-state index < -0.39 is 0 Å². The predicted molar refractivity (Wildman–Crippen MR) is 80.1 cm³/mol. The predicted octanol–water partition coefficient (Wildman–Crippen LogP) is 1.90. The standard InChI is InChI=1S/C13H18ClN3O3/c1-9(18)16-10-3-4-12(20-6-5-19-2)11(7-10)17-13(15)8-14/h3-4,7H,5-6,8H2,1-2H3,(H2,15,17)(H,16,18). The number of aliphatic imine (C=N–C) groups is 1. The van der Waals surface area contributed by atoms with Gasteiger partial charge in [0.2, 0.25) is 5.91 Å². The van der Waals surface area contributed by atoms with Gasteiger partial charge in [-0.05, 0) is 18.2 Å². The molecule has 20 heavy (non-hydrogen) atoms. The fourth-order valence-corrected chi connectivity index (χ4v) is 1.49. The summed E-state index contributed by atoms with van der Waals surface area (Å²) in [5.74, 6) is 0.757. The van der Waals surface area contributed by atoms with E-state index in [9.17, 15) is 4.79 Å². The number of anilines is 1. The fraction of sp³-hybridized carbons (Fsp3) is 0.385. The summed E-state index contributed by atoms with van der Waals surface area (Å²) in [7, 11) is 1.59. The molecule has 1 amide bonds. The molecule has 3 N–H and O–H groups in total. The van der Waals surface area contributed by atoms with Crippen LogP contribution in [0.25, 0.3) is 0 Å². The number of hydrogen-bond acceptors (Lipinski definition) is 4. The van der Waals surface area contributed by atoms with Crippen molar-refractivity contribution in [2.24, 2.45) is 10.7 Å². The molecule has 0 atom stereocenters. The lowest BCUT2D eigenvalue weighted by molar-refractivity contribution is -0.114. The number of carbonyl (C=O) groups is 1. The van der Waals surface area contributed by atoms with Crippen molar-refractivity contribution >= 4 is 34.7 Å². The Balaban J connectivity index is 2.99. The first-order valence-corrected chi connectivity index (χ1v) is 6.52. The molecule has 1 aromatic carbocycles. The van der Waals surface area contributed by atoms with Crippen LogP contribution in [0.15, 0.2) is 23.2 Å². The number of ether oxygens (including phenoxy) is 2. The number of halogens is 1. The lowest BCUT2D eigenvalue weighted by atomic mass is 10.2. The molecule has 0 heterocycles. The summed E-state index contributed by atoms with van der Waals surface area (Å²) >= 11 is 5.62. The molecule has 0 bridgehead atoms. The first-order valence-electron chi connectivity index (χ1n) is 5.99. The molecule has 0 aliphatic carbocycles. The number of carbonyl (C=O) groups excluding carboxylic acids is 1. The van der Waals surface area contributed by atoms with Crippen LogP contribution in [0, 0.1) is 0 Å². The smallest absolute Gasteiger partial charge is 0.221 e. The molecule has 1 aromatic rings. The summed E-state index contributed by atoms with van der Waals surface area (Å²) < 4.78 is 10.5. The quantitative estimate of drug-likeness (QED) is 0.348. The van der Waals surface area contributed by atoms with Crippen LogP contribution in [-0.4, -0.2) is 37.9 Å². The number of methoxy groups -OCH3 is 1. The Bertz CT molecular complexity index is 492. The van der Waals surface area contributed by atoms with E-state index in [0.29, 0.717) is 30.3 Å². The third kappa shape index (κ3) is 5.46. The van der Waals surface area contributed by atoms with Crippen LogP contribution in [0.5, 0.6) is 5.75 Å². The highest BCUT2D eigenvalue weighted by molar-refractivity contribution is 6.28. The Hall–Kier alpha value is -1.79. The van der Waals surface area contributed by atoms with Gasteiger partial charge < -0.3 is 20.5 Å². The van der Waals surface area contributed by atoms with E-state index in [4.69, 9.17) is 26.8 Å². The normalized spacial score (nSPS) is 11.2. The molecule has 0 saturated heterocycles. The summed E-state index contributed by atoms with van der Waals surface area (Å²) in [4.78, 5) is 15.2. The molecule has 0 radical (unpaired) electrons. The van der Waals surface area contributed by atoms with Crippen molar-refractivity contribution in [2.75, 3.05) is 31.5 Å². The van der Waals surface area contributed by atoms with Crippen molar-refractivity contribution in [1.29, 1.82) is 0 Å². The van der Waals surface area contributed by atoms with Crippen molar-refractivity contribution < 1.29 is 14.3 Å². The second-order valence-corrected chi connectivity index (χ2v) is 4.21. The average molecular weight is 300 g/mol. The Morgan fingerprint density at radius 3 is 2.80 bits per heavy atom. The van der Waals surface area contributed by atoms with E-state index >= 15 is 0 Å². The Kier molecular flexibility index (Phi) is 6.83. The van der Waals surface area contributed by atoms with Crippen molar-refractivity contribution in [3.8, 4) is 5.75 Å². The van der Waals surface area contributed by atoms with E-state index in [1.54, 1.807) is 25.3 Å². The van der Waals surface area contributed by atoms with Gasteiger partial charge in [0.1, 0.15) is 23.9 Å². The maximum atomic E-state index is 11.1. The minimum Gasteiger partial charge on any atom is -0.489 e. The number of hydrogen-bond donors (Lipinski definition) is 2. The Labute approximate surface area is 122 Å². The molecule has 0 fully saturated rings. The maximum absolute atomic E-state index is 11.1. The van der Waals surface area contributed by atoms with Crippen molar-refractivity contribution in [3.05, 3.63) is 18.2 Å². The van der Waals surface area contributed by atoms with Crippen LogP contribution in [0.1, 0.15) is 6.92 Å². The minimum absolute atomic E-state index is 0.113. The van der Waals surface area contributed by atoms with Crippen molar-refractivity contribution in [3.63, 3.8) is 0 Å². The molecule has 0 aliphatic rings. The van der Waals surface area contributed by atoms with Crippen LogP contribution < -0.4 is 15.8 Å². The summed E-state index contributed by atoms with van der Waals surface area (Å²) in [6, 6.07) is 5.10. The van der Waals surface area contributed by atoms with Crippen molar-refractivity contribution in [2.45, 2.75) is 6.92 Å². The van der Waals surface area contributed by atoms with Crippen LogP contribution in [0.3, 0.4) is 0 Å². The van der Waals surface area contributed by atoms with Gasteiger partial charge in [-0.15, -0.1) is 11.6 Å². The zero-order chi connectivity index (χ0) is 15.0. The Morgan fingerprint density at radius 2 is 2.20 bits per heavy atom. The lowest BCUT2D eigenvalue weighted by Gasteiger charge is -2.11. The van der Waals surface area contributed by atoms with E-state index in [2.05, 4.69) is 10.3 Å². The van der Waals surface area contributed by atoms with Gasteiger partial charge in [-0.2, -0.15) is 0 Å². The van der Waals surface area contributed by atoms with Gasteiger partial charge in [0.15, 0.2) is 0 Å². The number of alkyl halides is 1. The minimum atomic E-state index is -0.168. The highest BCUT2D eigenvalue weighted by Crippen LogP contribution is 2.31. The van der Waals surface area contributed by atoms with Gasteiger partial charge in [0, 0.05) is 19.7 Å². The third-order valence-electron chi connectivity index (χ3n) is 2.23. The molecular weight excluding hydrogens is 282 g/mol. The van der Waals surface area contributed by atoms with Gasteiger partial charge in [-0.1, -0.05) is 0 Å². The van der Waals surface area contributed by atoms with Crippen molar-refractivity contribution in [1.82, 2.24) is 0 Å². The SMILES string of the molecule is COCCOc1ccc(NC(C)=O)cc1N=C(N)CCl. The monoisotopic (exact) mass is 299 g/mol. The first kappa shape index (κ1) is 16.3. The summed E-state index contributed by atoms with van der Waals surface area (Å²) in [6.45, 7) is 2.28. The van der Waals surface area contributed by atoms with Gasteiger partial charge in [0.25, 0.3) is 0 Å². The molecular formula is C13H18ClN3O3. The number of nitrogens with one attached hydrogen (secondary N) is 1. The number of nitrogens with two attached hydrogens (primary N) is 1. The third-order valence-corrected chi connectivity index (χ3v) is 2.50. The summed E-state index contributed by atoms with van der Waals surface area (Å²) in [6.07, 6.45) is 0. The number of rotatable bonds is 7. The maximum Gasteiger partial charge on any atom is 0.221 e. The number of benzene rings is 1. The highest BCUT2D eigenvalue weighted by atomic mass is 35.5. The molecule has 0 aromatic heterocycles. The zero-order valence-corrected chi connectivity index (χ0v) is 12.2. The molecule has 110 valence electrons. The van der Waals surface area contributed by atoms with Gasteiger partial charge in [-0.25, -0.2) is 4.99 Å². The van der Waals surface area contributed by atoms with E-state index in [-0.39, 0.29) is 17.6 Å². The average Bonchev–Trinajstić information content (AvgIpc) is 2.40. The molecule has 1 rings (SSSR count). The van der Waals surface area contributed by atoms with Gasteiger partial charge in [0.05, 0.1) is 12.5 Å². The van der Waals surface area contributed by atoms with Crippen LogP contribution in [0.2, 0.25) is 0 Å². The second-order valence-electron chi connectivity index (χ2n) is 3.94. The Morgan fingerprint density at radius 1 is 1.45 bits per heavy atom. The number of amidine groups is 1. The van der Waals surface area contributed by atoms with E-state index in [1.165, 1.54) is 6.92 Å². The fourth-order valence-electron chi connectivity index (χ4n) is 1.43. The van der Waals surface area contributed by atoms with E-state index in [0.717, 1.165) is 0 Å². The van der Waals surface area contributed by atoms with Crippen LogP contribution >= 0.6 is 11.6 Å². The molecule has 0 saturated carbocycles. The van der Waals surface area contributed by atoms with Crippen LogP contribution in [-0.2, 0) is 9.53 Å². The molecule has 7 heteroatoms. The van der Waals surface area contributed by atoms with Gasteiger partial charge >= 0.3 is 0 Å². The highest BCUT2D eigenvalue weighted by Gasteiger charge is 2.06. The summed E-state index contributed by atoms with van der Waals surface area (Å²) in [5, 5.41) is 2.67. The topological polar surface area (TPSA) is 85.9 Å². The molecule has 0 aliphatic heterocycles.